The van der Waals surface area contributed by atoms with Crippen molar-refractivity contribution in [1.29, 1.82) is 0 Å². The molecule has 0 aromatic rings. The summed E-state index contributed by atoms with van der Waals surface area (Å²) in [5.41, 5.74) is 0. The van der Waals surface area contributed by atoms with E-state index in [0.717, 1.165) is 0 Å². The summed E-state index contributed by atoms with van der Waals surface area (Å²) in [5.74, 6) is 0. The molecule has 0 saturated carbocycles. The smallest absolute Gasteiger partial charge is 0.0538 e. The lowest BCUT2D eigenvalue weighted by Crippen LogP contribution is -1.59. The first-order valence-corrected chi connectivity index (χ1v) is 5.33. The van der Waals surface area contributed by atoms with Crippen molar-refractivity contribution in [3.8, 4) is 0 Å². The van der Waals surface area contributed by atoms with Crippen molar-refractivity contribution in [1.82, 2.24) is 18.5 Å². The normalized spacial score (nSPS) is 5.87. The predicted octanol–water partition coefficient (Wildman–Crippen LogP) is 5.68. The fourth-order valence-electron chi connectivity index (χ4n) is 0.707. The highest BCUT2D eigenvalue weighted by Gasteiger charge is 1.68. The van der Waals surface area contributed by atoms with Gasteiger partial charge in [-0.05, 0) is 0 Å². The summed E-state index contributed by atoms with van der Waals surface area (Å²) in [6, 6.07) is 0. The predicted molar refractivity (Wildman–Crippen MR) is 76.7 cm³/mol. The maximum absolute atomic E-state index is 3.00. The topological polar surface area (TPSA) is 105 Å². The molecule has 0 aliphatic carbocycles. The Bertz CT molecular complexity index is 40.1. The lowest BCUT2D eigenvalue weighted by molar-refractivity contribution is 0.772. The summed E-state index contributed by atoms with van der Waals surface area (Å²) >= 11 is 0. The first kappa shape index (κ1) is 36.5. The Morgan fingerprint density at radius 3 is 0.667 bits per heavy atom. The van der Waals surface area contributed by atoms with Crippen molar-refractivity contribution >= 4 is 0 Å². The molecule has 15 heavy (non-hydrogen) atoms. The van der Waals surface area contributed by atoms with Crippen molar-refractivity contribution in [2.45, 2.75) is 66.2 Å². The molecule has 0 unspecified atom stereocenters. The van der Waals surface area contributed by atoms with E-state index in [1.165, 1.54) is 38.5 Å². The third-order valence-corrected chi connectivity index (χ3v) is 1.41. The zero-order chi connectivity index (χ0) is 10.2. The summed E-state index contributed by atoms with van der Waals surface area (Å²) in [5, 5.41) is 0. The van der Waals surface area contributed by atoms with E-state index in [0.29, 0.717) is 0 Å². The molecule has 100 valence electrons. The van der Waals surface area contributed by atoms with E-state index in [1.54, 1.807) is 0 Å². The molecule has 3 nitrogen and oxygen atoms in total. The highest BCUT2D eigenvalue weighted by atomic mass is 14.0. The molecule has 0 aliphatic rings. The van der Waals surface area contributed by atoms with Crippen LogP contribution in [0.15, 0.2) is 13.2 Å². The number of unbranched alkanes of at least 4 members (excludes halogenated alkanes) is 4. The summed E-state index contributed by atoms with van der Waals surface area (Å²) in [6.07, 6.45) is 8.15. The molecular weight excluding hydrogens is 186 g/mol. The van der Waals surface area contributed by atoms with E-state index < -0.39 is 0 Å². The van der Waals surface area contributed by atoms with Crippen molar-refractivity contribution in [2.75, 3.05) is 0 Å². The zero-order valence-electron chi connectivity index (χ0n) is 11.8. The quantitative estimate of drug-likeness (QED) is 0.534. The average molecular weight is 223 g/mol. The Morgan fingerprint density at radius 1 is 0.533 bits per heavy atom. The summed E-state index contributed by atoms with van der Waals surface area (Å²) in [6.45, 7) is 14.8. The van der Waals surface area contributed by atoms with Gasteiger partial charge in [0, 0.05) is 0 Å². The molecule has 0 radical (unpaired) electrons. The number of hydrogen-bond acceptors (Lipinski definition) is 3. The Balaban J connectivity index is -0.0000000197. The Morgan fingerprint density at radius 2 is 0.667 bits per heavy atom. The summed E-state index contributed by atoms with van der Waals surface area (Å²) in [7, 11) is 0. The fraction of sp³-hybridized carbons (Fsp3) is 0.833. The molecule has 0 saturated heterocycles. The molecule has 0 bridgehead atoms. The molecule has 0 fully saturated rings. The fourth-order valence-corrected chi connectivity index (χ4v) is 0.707. The van der Waals surface area contributed by atoms with Crippen LogP contribution in [0.4, 0.5) is 0 Å². The molecule has 0 rings (SSSR count). The highest BCUT2D eigenvalue weighted by Crippen LogP contribution is 1.88. The molecule has 0 atom stereocenters. The minimum absolute atomic E-state index is 0. The second kappa shape index (κ2) is 68.7. The van der Waals surface area contributed by atoms with Crippen molar-refractivity contribution < 1.29 is 0 Å². The molecule has 0 spiro atoms. The van der Waals surface area contributed by atoms with Crippen LogP contribution in [0.1, 0.15) is 66.2 Å². The van der Waals surface area contributed by atoms with E-state index in [1.807, 2.05) is 0 Å². The summed E-state index contributed by atoms with van der Waals surface area (Å²) < 4.78 is 0. The monoisotopic (exact) mass is 223 g/mol. The van der Waals surface area contributed by atoms with Gasteiger partial charge in [-0.15, -0.1) is 13.2 Å². The zero-order valence-corrected chi connectivity index (χ0v) is 11.8. The molecule has 0 aromatic carbocycles. The highest BCUT2D eigenvalue weighted by molar-refractivity contribution is 4.24. The second-order valence-corrected chi connectivity index (χ2v) is 2.71. The van der Waals surface area contributed by atoms with Gasteiger partial charge >= 0.3 is 0 Å². The van der Waals surface area contributed by atoms with E-state index >= 15 is 0 Å². The van der Waals surface area contributed by atoms with Gasteiger partial charge in [0.2, 0.25) is 0 Å². The van der Waals surface area contributed by atoms with E-state index in [2.05, 4.69) is 40.9 Å². The Hall–Kier alpha value is -0.380. The van der Waals surface area contributed by atoms with E-state index in [9.17, 15) is 0 Å². The van der Waals surface area contributed by atoms with Gasteiger partial charge in [-0.2, -0.15) is 0 Å². The standard InChI is InChI=1S/2C5H12.C2H4.3H3N/c2*1-3-5-4-2;1-2;;;/h2*3-5H2,1-2H3;1-2H2;3*1H3. The van der Waals surface area contributed by atoms with Gasteiger partial charge in [0.25, 0.3) is 0 Å². The van der Waals surface area contributed by atoms with Gasteiger partial charge < -0.3 is 18.5 Å². The third-order valence-electron chi connectivity index (χ3n) is 1.41. The SMILES string of the molecule is C=C.CCCCC.CCCCC.N.N.N. The number of hydrogen-bond donors (Lipinski definition) is 3. The number of rotatable bonds is 4. The van der Waals surface area contributed by atoms with Crippen LogP contribution in [0.3, 0.4) is 0 Å². The minimum Gasteiger partial charge on any atom is -0.344 e. The van der Waals surface area contributed by atoms with Crippen LogP contribution in [-0.4, -0.2) is 0 Å². The van der Waals surface area contributed by atoms with Crippen LogP contribution >= 0.6 is 0 Å². The molecule has 3 heteroatoms. The third kappa shape index (κ3) is 140. The summed E-state index contributed by atoms with van der Waals surface area (Å²) in [4.78, 5) is 0. The first-order valence-electron chi connectivity index (χ1n) is 5.33. The van der Waals surface area contributed by atoms with Gasteiger partial charge in [0.15, 0.2) is 0 Å². The van der Waals surface area contributed by atoms with Crippen LogP contribution < -0.4 is 18.5 Å². The molecule has 9 N–H and O–H groups in total. The maximum atomic E-state index is 3.00. The van der Waals surface area contributed by atoms with Gasteiger partial charge in [-0.3, -0.25) is 0 Å². The lowest BCUT2D eigenvalue weighted by Gasteiger charge is -1.79. The second-order valence-electron chi connectivity index (χ2n) is 2.71. The van der Waals surface area contributed by atoms with E-state index in [4.69, 9.17) is 0 Å². The molecule has 0 aromatic heterocycles. The van der Waals surface area contributed by atoms with E-state index in [-0.39, 0.29) is 18.5 Å². The van der Waals surface area contributed by atoms with Crippen molar-refractivity contribution in [3.63, 3.8) is 0 Å². The van der Waals surface area contributed by atoms with Gasteiger partial charge in [-0.25, -0.2) is 0 Å². The van der Waals surface area contributed by atoms with Gasteiger partial charge in [0.1, 0.15) is 0 Å². The van der Waals surface area contributed by atoms with Crippen LogP contribution in [0, 0.1) is 0 Å². The maximum Gasteiger partial charge on any atom is -0.0538 e. The van der Waals surface area contributed by atoms with Crippen LogP contribution in [0.25, 0.3) is 0 Å². The Labute approximate surface area is 98.5 Å². The van der Waals surface area contributed by atoms with Gasteiger partial charge in [0.05, 0.1) is 0 Å². The molecular formula is C12H37N3. The first-order chi connectivity index (χ1) is 5.83. The Kier molecular flexibility index (Phi) is 167. The van der Waals surface area contributed by atoms with Gasteiger partial charge in [-0.1, -0.05) is 66.2 Å². The largest absolute Gasteiger partial charge is 0.344 e. The van der Waals surface area contributed by atoms with Crippen LogP contribution in [-0.2, 0) is 0 Å². The van der Waals surface area contributed by atoms with Crippen LogP contribution in [0.2, 0.25) is 0 Å². The van der Waals surface area contributed by atoms with Crippen molar-refractivity contribution in [2.24, 2.45) is 0 Å². The minimum atomic E-state index is 0. The average Bonchev–Trinajstić information content (AvgIpc) is 2.12. The van der Waals surface area contributed by atoms with Crippen molar-refractivity contribution in [3.05, 3.63) is 13.2 Å². The molecule has 0 heterocycles. The van der Waals surface area contributed by atoms with Crippen LogP contribution in [0.5, 0.6) is 0 Å². The molecule has 0 aliphatic heterocycles. The lowest BCUT2D eigenvalue weighted by atomic mass is 10.3. The molecule has 0 amide bonds.